The Morgan fingerprint density at radius 3 is 2.65 bits per heavy atom. The van der Waals surface area contributed by atoms with E-state index < -0.39 is 0 Å². The lowest BCUT2D eigenvalue weighted by Gasteiger charge is -2.20. The van der Waals surface area contributed by atoms with E-state index in [2.05, 4.69) is 5.32 Å². The fourth-order valence-corrected chi connectivity index (χ4v) is 3.26. The molecule has 1 N–H and O–H groups in total. The third-order valence-corrected chi connectivity index (χ3v) is 4.45. The quantitative estimate of drug-likeness (QED) is 0.909. The first-order chi connectivity index (χ1) is 11.1. The van der Waals surface area contributed by atoms with E-state index in [9.17, 15) is 9.59 Å². The van der Waals surface area contributed by atoms with Crippen molar-refractivity contribution in [1.82, 2.24) is 14.5 Å². The van der Waals surface area contributed by atoms with Crippen LogP contribution in [0.25, 0.3) is 11.0 Å². The van der Waals surface area contributed by atoms with Crippen LogP contribution >= 0.6 is 0 Å². The molecule has 0 saturated carbocycles. The van der Waals surface area contributed by atoms with Crippen molar-refractivity contribution in [3.63, 3.8) is 0 Å². The maximum absolute atomic E-state index is 12.5. The SMILES string of the molecule is CCn1c(=O)n(CC(=O)N[C@H](C)[C@H]2CCCO2)c2ccccc21. The number of carbonyl (C=O) groups is 1. The zero-order chi connectivity index (χ0) is 16.4. The molecule has 6 heteroatoms. The summed E-state index contributed by atoms with van der Waals surface area (Å²) in [6, 6.07) is 7.52. The van der Waals surface area contributed by atoms with Crippen molar-refractivity contribution in [2.75, 3.05) is 6.61 Å². The van der Waals surface area contributed by atoms with Gasteiger partial charge in [0.1, 0.15) is 6.54 Å². The molecule has 0 unspecified atom stereocenters. The highest BCUT2D eigenvalue weighted by atomic mass is 16.5. The van der Waals surface area contributed by atoms with Crippen molar-refractivity contribution in [3.05, 3.63) is 34.7 Å². The summed E-state index contributed by atoms with van der Waals surface area (Å²) in [5, 5.41) is 2.96. The van der Waals surface area contributed by atoms with Crippen LogP contribution in [0.5, 0.6) is 0 Å². The van der Waals surface area contributed by atoms with Gasteiger partial charge >= 0.3 is 5.69 Å². The number of hydrogen-bond donors (Lipinski definition) is 1. The third kappa shape index (κ3) is 3.03. The van der Waals surface area contributed by atoms with Crippen LogP contribution in [0.1, 0.15) is 26.7 Å². The van der Waals surface area contributed by atoms with Gasteiger partial charge in [-0.2, -0.15) is 0 Å². The van der Waals surface area contributed by atoms with Gasteiger partial charge in [-0.15, -0.1) is 0 Å². The Labute approximate surface area is 135 Å². The molecule has 2 atom stereocenters. The second-order valence-corrected chi connectivity index (χ2v) is 6.01. The number of aromatic nitrogens is 2. The number of imidazole rings is 1. The normalized spacial score (nSPS) is 19.1. The summed E-state index contributed by atoms with van der Waals surface area (Å²) in [5.41, 5.74) is 1.51. The number of fused-ring (bicyclic) bond motifs is 1. The van der Waals surface area contributed by atoms with E-state index in [0.717, 1.165) is 30.5 Å². The van der Waals surface area contributed by atoms with Crippen molar-refractivity contribution < 1.29 is 9.53 Å². The topological polar surface area (TPSA) is 65.3 Å². The van der Waals surface area contributed by atoms with Gasteiger partial charge in [-0.25, -0.2) is 4.79 Å². The van der Waals surface area contributed by atoms with Crippen LogP contribution in [-0.4, -0.2) is 33.8 Å². The van der Waals surface area contributed by atoms with E-state index in [0.29, 0.717) is 6.54 Å². The molecule has 6 nitrogen and oxygen atoms in total. The Morgan fingerprint density at radius 2 is 2.04 bits per heavy atom. The van der Waals surface area contributed by atoms with Crippen molar-refractivity contribution in [3.8, 4) is 0 Å². The molecule has 23 heavy (non-hydrogen) atoms. The average molecular weight is 317 g/mol. The number of nitrogens with zero attached hydrogens (tertiary/aromatic N) is 2. The number of nitrogens with one attached hydrogen (secondary N) is 1. The van der Waals surface area contributed by atoms with Crippen LogP contribution in [0.2, 0.25) is 0 Å². The van der Waals surface area contributed by atoms with Gasteiger partial charge in [0.2, 0.25) is 5.91 Å². The standard InChI is InChI=1S/C17H23N3O3/c1-3-19-13-7-4-5-8-14(13)20(17(19)22)11-16(21)18-12(2)15-9-6-10-23-15/h4-5,7-8,12,15H,3,6,9-11H2,1-2H3,(H,18,21)/t12-,15-/m1/s1. The monoisotopic (exact) mass is 317 g/mol. The minimum absolute atomic E-state index is 0.0312. The van der Waals surface area contributed by atoms with Gasteiger partial charge in [0, 0.05) is 13.2 Å². The van der Waals surface area contributed by atoms with Crippen LogP contribution in [0.4, 0.5) is 0 Å². The molecule has 2 aromatic rings. The second kappa shape index (κ2) is 6.58. The molecule has 0 spiro atoms. The number of ether oxygens (including phenoxy) is 1. The van der Waals surface area contributed by atoms with Crippen LogP contribution in [0, 0.1) is 0 Å². The number of carbonyl (C=O) groups excluding carboxylic acids is 1. The van der Waals surface area contributed by atoms with Gasteiger partial charge in [0.25, 0.3) is 0 Å². The zero-order valence-electron chi connectivity index (χ0n) is 13.6. The lowest BCUT2D eigenvalue weighted by molar-refractivity contribution is -0.123. The Kier molecular flexibility index (Phi) is 4.52. The van der Waals surface area contributed by atoms with Crippen molar-refractivity contribution in [1.29, 1.82) is 0 Å². The number of amides is 1. The summed E-state index contributed by atoms with van der Waals surface area (Å²) in [6.45, 7) is 5.25. The molecule has 0 radical (unpaired) electrons. The summed E-state index contributed by atoms with van der Waals surface area (Å²) in [7, 11) is 0. The minimum atomic E-state index is -0.158. The molecule has 1 aliphatic heterocycles. The van der Waals surface area contributed by atoms with E-state index >= 15 is 0 Å². The van der Waals surface area contributed by atoms with Gasteiger partial charge < -0.3 is 10.1 Å². The van der Waals surface area contributed by atoms with E-state index in [1.165, 1.54) is 4.57 Å². The molecule has 124 valence electrons. The van der Waals surface area contributed by atoms with Crippen LogP contribution in [-0.2, 0) is 22.6 Å². The van der Waals surface area contributed by atoms with Crippen molar-refractivity contribution in [2.24, 2.45) is 0 Å². The lowest BCUT2D eigenvalue weighted by atomic mass is 10.1. The highest BCUT2D eigenvalue weighted by Gasteiger charge is 2.24. The molecule has 3 rings (SSSR count). The predicted molar refractivity (Wildman–Crippen MR) is 88.5 cm³/mol. The highest BCUT2D eigenvalue weighted by Crippen LogP contribution is 2.16. The number of hydrogen-bond acceptors (Lipinski definition) is 3. The van der Waals surface area contributed by atoms with Gasteiger partial charge in [0.05, 0.1) is 23.2 Å². The Morgan fingerprint density at radius 1 is 1.35 bits per heavy atom. The van der Waals surface area contributed by atoms with E-state index in [-0.39, 0.29) is 30.3 Å². The molecule has 1 saturated heterocycles. The molecule has 1 amide bonds. The number of rotatable bonds is 5. The molecule has 0 bridgehead atoms. The molecular weight excluding hydrogens is 294 g/mol. The molecule has 0 aliphatic carbocycles. The van der Waals surface area contributed by atoms with Gasteiger partial charge in [-0.1, -0.05) is 12.1 Å². The predicted octanol–water partition coefficient (Wildman–Crippen LogP) is 1.51. The van der Waals surface area contributed by atoms with Crippen molar-refractivity contribution in [2.45, 2.75) is 51.9 Å². The van der Waals surface area contributed by atoms with Crippen LogP contribution in [0.3, 0.4) is 0 Å². The summed E-state index contributed by atoms with van der Waals surface area (Å²) in [4.78, 5) is 24.9. The first-order valence-electron chi connectivity index (χ1n) is 8.21. The molecule has 1 fully saturated rings. The highest BCUT2D eigenvalue weighted by molar-refractivity contribution is 5.81. The smallest absolute Gasteiger partial charge is 0.329 e. The van der Waals surface area contributed by atoms with Gasteiger partial charge in [0.15, 0.2) is 0 Å². The summed E-state index contributed by atoms with van der Waals surface area (Å²) >= 11 is 0. The van der Waals surface area contributed by atoms with E-state index in [1.54, 1.807) is 4.57 Å². The number of para-hydroxylation sites is 2. The Balaban J connectivity index is 1.79. The number of aryl methyl sites for hydroxylation is 1. The lowest BCUT2D eigenvalue weighted by Crippen LogP contribution is -2.43. The van der Waals surface area contributed by atoms with Gasteiger partial charge in [-0.05, 0) is 38.8 Å². The van der Waals surface area contributed by atoms with E-state index in [4.69, 9.17) is 4.74 Å². The molecule has 2 heterocycles. The summed E-state index contributed by atoms with van der Waals surface area (Å²) in [5.74, 6) is -0.158. The molecule has 1 aromatic heterocycles. The summed E-state index contributed by atoms with van der Waals surface area (Å²) < 4.78 is 8.82. The molecule has 1 aromatic carbocycles. The Hall–Kier alpha value is -2.08. The first kappa shape index (κ1) is 15.8. The first-order valence-corrected chi connectivity index (χ1v) is 8.21. The second-order valence-electron chi connectivity index (χ2n) is 6.01. The zero-order valence-corrected chi connectivity index (χ0v) is 13.6. The van der Waals surface area contributed by atoms with Crippen molar-refractivity contribution >= 4 is 16.9 Å². The fourth-order valence-electron chi connectivity index (χ4n) is 3.26. The molecule has 1 aliphatic rings. The third-order valence-electron chi connectivity index (χ3n) is 4.45. The molecular formula is C17H23N3O3. The maximum Gasteiger partial charge on any atom is 0.329 e. The summed E-state index contributed by atoms with van der Waals surface area (Å²) in [6.07, 6.45) is 2.08. The largest absolute Gasteiger partial charge is 0.376 e. The number of benzene rings is 1. The van der Waals surface area contributed by atoms with Crippen LogP contribution < -0.4 is 11.0 Å². The van der Waals surface area contributed by atoms with E-state index in [1.807, 2.05) is 38.1 Å². The average Bonchev–Trinajstić information content (AvgIpc) is 3.15. The minimum Gasteiger partial charge on any atom is -0.376 e. The maximum atomic E-state index is 12.5. The Bertz CT molecular complexity index is 756. The fraction of sp³-hybridized carbons (Fsp3) is 0.529. The van der Waals surface area contributed by atoms with Crippen LogP contribution in [0.15, 0.2) is 29.1 Å². The van der Waals surface area contributed by atoms with Gasteiger partial charge in [-0.3, -0.25) is 13.9 Å².